The maximum Gasteiger partial charge on any atom is 0.278 e. The molecule has 4 rings (SSSR count). The first-order chi connectivity index (χ1) is 16.5. The Balaban J connectivity index is 1.32. The number of aryl methyl sites for hydroxylation is 1. The molecule has 34 heavy (non-hydrogen) atoms. The highest BCUT2D eigenvalue weighted by molar-refractivity contribution is 7.71. The van der Waals surface area contributed by atoms with Crippen molar-refractivity contribution in [2.24, 2.45) is 0 Å². The first-order valence-electron chi connectivity index (χ1n) is 11.6. The number of fused-ring (bicyclic) bond motifs is 3. The number of aromatic nitrogens is 3. The second-order valence-corrected chi connectivity index (χ2v) is 9.01. The van der Waals surface area contributed by atoms with E-state index in [1.165, 1.54) is 5.56 Å². The SMILES string of the molecule is COc1ccc2[nH]c3c(=O)n(CCCCC(=O)N[C@@H](C)CCc4ccccc4)c(=S)[nH]c3c2c1. The minimum Gasteiger partial charge on any atom is -0.497 e. The molecule has 2 aromatic heterocycles. The van der Waals surface area contributed by atoms with Crippen LogP contribution in [0.1, 0.15) is 38.2 Å². The zero-order valence-corrected chi connectivity index (χ0v) is 20.3. The Hall–Kier alpha value is -3.39. The molecular weight excluding hydrogens is 448 g/mol. The number of carbonyl (C=O) groups excluding carboxylic acids is 1. The summed E-state index contributed by atoms with van der Waals surface area (Å²) < 4.78 is 7.23. The number of H-pyrrole nitrogens is 2. The lowest BCUT2D eigenvalue weighted by atomic mass is 10.1. The van der Waals surface area contributed by atoms with Gasteiger partial charge in [0.05, 0.1) is 12.6 Å². The van der Waals surface area contributed by atoms with E-state index in [4.69, 9.17) is 17.0 Å². The molecule has 8 heteroatoms. The number of nitrogens with zero attached hydrogens (tertiary/aromatic N) is 1. The number of hydrogen-bond acceptors (Lipinski definition) is 4. The number of methoxy groups -OCH3 is 1. The van der Waals surface area contributed by atoms with Crippen molar-refractivity contribution < 1.29 is 9.53 Å². The van der Waals surface area contributed by atoms with E-state index in [9.17, 15) is 9.59 Å². The van der Waals surface area contributed by atoms with Crippen molar-refractivity contribution >= 4 is 40.1 Å². The van der Waals surface area contributed by atoms with Crippen LogP contribution in [-0.4, -0.2) is 33.6 Å². The largest absolute Gasteiger partial charge is 0.497 e. The molecule has 2 heterocycles. The van der Waals surface area contributed by atoms with Crippen molar-refractivity contribution in [2.45, 2.75) is 51.6 Å². The molecule has 3 N–H and O–H groups in total. The van der Waals surface area contributed by atoms with Crippen molar-refractivity contribution in [3.8, 4) is 5.75 Å². The summed E-state index contributed by atoms with van der Waals surface area (Å²) in [5.74, 6) is 0.752. The molecule has 178 valence electrons. The van der Waals surface area contributed by atoms with E-state index in [1.807, 2.05) is 43.3 Å². The Morgan fingerprint density at radius 3 is 2.68 bits per heavy atom. The zero-order chi connectivity index (χ0) is 24.1. The van der Waals surface area contributed by atoms with Crippen molar-refractivity contribution in [3.63, 3.8) is 0 Å². The van der Waals surface area contributed by atoms with Crippen LogP contribution < -0.4 is 15.6 Å². The van der Waals surface area contributed by atoms with Gasteiger partial charge in [-0.3, -0.25) is 14.2 Å². The third-order valence-corrected chi connectivity index (χ3v) is 6.42. The Morgan fingerprint density at radius 2 is 1.91 bits per heavy atom. The van der Waals surface area contributed by atoms with Crippen LogP contribution in [0.3, 0.4) is 0 Å². The van der Waals surface area contributed by atoms with E-state index in [0.29, 0.717) is 47.4 Å². The summed E-state index contributed by atoms with van der Waals surface area (Å²) >= 11 is 5.47. The van der Waals surface area contributed by atoms with Gasteiger partial charge >= 0.3 is 0 Å². The molecule has 2 aromatic carbocycles. The van der Waals surface area contributed by atoms with Crippen LogP contribution in [-0.2, 0) is 17.8 Å². The predicted octanol–water partition coefficient (Wildman–Crippen LogP) is 4.86. The molecule has 0 spiro atoms. The quantitative estimate of drug-likeness (QED) is 0.224. The molecule has 0 fully saturated rings. The summed E-state index contributed by atoms with van der Waals surface area (Å²) in [6, 6.07) is 16.0. The van der Waals surface area contributed by atoms with E-state index in [0.717, 1.165) is 23.7 Å². The fourth-order valence-corrected chi connectivity index (χ4v) is 4.47. The lowest BCUT2D eigenvalue weighted by Gasteiger charge is -2.14. The topological polar surface area (TPSA) is 91.9 Å². The smallest absolute Gasteiger partial charge is 0.278 e. The Kier molecular flexibility index (Phi) is 7.47. The number of rotatable bonds is 10. The molecule has 0 saturated carbocycles. The number of ether oxygens (including phenoxy) is 1. The van der Waals surface area contributed by atoms with Crippen molar-refractivity contribution in [1.82, 2.24) is 19.9 Å². The number of aromatic amines is 2. The average molecular weight is 479 g/mol. The van der Waals surface area contributed by atoms with Gasteiger partial charge in [-0.15, -0.1) is 0 Å². The van der Waals surface area contributed by atoms with Crippen LogP contribution in [0.2, 0.25) is 0 Å². The van der Waals surface area contributed by atoms with Crippen LogP contribution in [0.15, 0.2) is 53.3 Å². The average Bonchev–Trinajstić information content (AvgIpc) is 3.20. The highest BCUT2D eigenvalue weighted by Crippen LogP contribution is 2.25. The molecule has 0 saturated heterocycles. The van der Waals surface area contributed by atoms with Crippen LogP contribution in [0.25, 0.3) is 21.9 Å². The van der Waals surface area contributed by atoms with Gasteiger partial charge in [0.1, 0.15) is 11.3 Å². The van der Waals surface area contributed by atoms with Crippen molar-refractivity contribution in [1.29, 1.82) is 0 Å². The fourth-order valence-electron chi connectivity index (χ4n) is 4.20. The summed E-state index contributed by atoms with van der Waals surface area (Å²) in [7, 11) is 1.61. The van der Waals surface area contributed by atoms with Gasteiger partial charge in [0.15, 0.2) is 4.77 Å². The molecular formula is C26H30N4O3S. The van der Waals surface area contributed by atoms with Gasteiger partial charge in [0.25, 0.3) is 5.56 Å². The van der Waals surface area contributed by atoms with Gasteiger partial charge in [0, 0.05) is 29.9 Å². The molecule has 0 aliphatic rings. The molecule has 4 aromatic rings. The van der Waals surface area contributed by atoms with Gasteiger partial charge < -0.3 is 20.0 Å². The molecule has 7 nitrogen and oxygen atoms in total. The molecule has 0 unspecified atom stereocenters. The highest BCUT2D eigenvalue weighted by Gasteiger charge is 2.13. The van der Waals surface area contributed by atoms with Crippen LogP contribution in [0.4, 0.5) is 0 Å². The Bertz CT molecular complexity index is 1400. The monoisotopic (exact) mass is 478 g/mol. The van der Waals surface area contributed by atoms with Gasteiger partial charge in [-0.1, -0.05) is 30.3 Å². The highest BCUT2D eigenvalue weighted by atomic mass is 32.1. The first-order valence-corrected chi connectivity index (χ1v) is 12.0. The maximum atomic E-state index is 13.1. The number of hydrogen-bond donors (Lipinski definition) is 3. The van der Waals surface area contributed by atoms with Gasteiger partial charge in [-0.05, 0) is 68.6 Å². The standard InChI is InChI=1S/C26H30N4O3S/c1-17(11-12-18-8-4-3-5-9-18)27-22(31)10-6-7-15-30-25(32)24-23(29-26(30)34)20-16-19(33-2)13-14-21(20)28-24/h3-5,8-9,13-14,16-17,28H,6-7,10-12,15H2,1-2H3,(H,27,31)(H,29,34)/t17-/m0/s1. The lowest BCUT2D eigenvalue weighted by Crippen LogP contribution is -2.32. The fraction of sp³-hybridized carbons (Fsp3) is 0.346. The van der Waals surface area contributed by atoms with E-state index in [2.05, 4.69) is 27.4 Å². The van der Waals surface area contributed by atoms with E-state index in [1.54, 1.807) is 11.7 Å². The van der Waals surface area contributed by atoms with Crippen molar-refractivity contribution in [3.05, 3.63) is 69.2 Å². The molecule has 0 aliphatic carbocycles. The van der Waals surface area contributed by atoms with Crippen molar-refractivity contribution in [2.75, 3.05) is 7.11 Å². The zero-order valence-electron chi connectivity index (χ0n) is 19.5. The van der Waals surface area contributed by atoms with Crippen LogP contribution >= 0.6 is 12.2 Å². The van der Waals surface area contributed by atoms with Crippen LogP contribution in [0, 0.1) is 4.77 Å². The molecule has 0 radical (unpaired) electrons. The Morgan fingerprint density at radius 1 is 1.12 bits per heavy atom. The van der Waals surface area contributed by atoms with Crippen LogP contribution in [0.5, 0.6) is 5.75 Å². The minimum atomic E-state index is -0.159. The first kappa shape index (κ1) is 23.8. The number of carbonyl (C=O) groups is 1. The summed E-state index contributed by atoms with van der Waals surface area (Å²) in [5, 5.41) is 3.93. The lowest BCUT2D eigenvalue weighted by molar-refractivity contribution is -0.121. The molecule has 0 bridgehead atoms. The summed E-state index contributed by atoms with van der Waals surface area (Å²) in [4.78, 5) is 31.8. The van der Waals surface area contributed by atoms with Gasteiger partial charge in [0.2, 0.25) is 5.91 Å². The predicted molar refractivity (Wildman–Crippen MR) is 138 cm³/mol. The number of unbranched alkanes of at least 4 members (excludes halogenated alkanes) is 1. The third-order valence-electron chi connectivity index (χ3n) is 6.09. The maximum absolute atomic E-state index is 13.1. The second-order valence-electron chi connectivity index (χ2n) is 8.62. The van der Waals surface area contributed by atoms with E-state index >= 15 is 0 Å². The summed E-state index contributed by atoms with van der Waals surface area (Å²) in [6.07, 6.45) is 3.63. The van der Waals surface area contributed by atoms with E-state index < -0.39 is 0 Å². The molecule has 0 aliphatic heterocycles. The minimum absolute atomic E-state index is 0.0399. The normalized spacial score (nSPS) is 12.2. The van der Waals surface area contributed by atoms with Gasteiger partial charge in [-0.25, -0.2) is 0 Å². The number of benzene rings is 2. The number of nitrogens with one attached hydrogen (secondary N) is 3. The summed E-state index contributed by atoms with van der Waals surface area (Å²) in [6.45, 7) is 2.49. The number of amides is 1. The molecule has 1 atom stereocenters. The second kappa shape index (κ2) is 10.7. The Labute approximate surface area is 203 Å². The third kappa shape index (κ3) is 5.39. The summed E-state index contributed by atoms with van der Waals surface area (Å²) in [5.41, 5.74) is 3.13. The van der Waals surface area contributed by atoms with E-state index in [-0.39, 0.29) is 17.5 Å². The van der Waals surface area contributed by atoms with Gasteiger partial charge in [-0.2, -0.15) is 0 Å². The molecule has 1 amide bonds.